The van der Waals surface area contributed by atoms with Gasteiger partial charge in [0.2, 0.25) is 0 Å². The maximum atomic E-state index is 12.9. The molecule has 3 rings (SSSR count). The molecule has 5 nitrogen and oxygen atoms in total. The minimum atomic E-state index is -0.321. The Labute approximate surface area is 158 Å². The number of nitrogens with one attached hydrogen (secondary N) is 1. The quantitative estimate of drug-likeness (QED) is 0.716. The molecule has 6 heteroatoms. The van der Waals surface area contributed by atoms with Gasteiger partial charge in [-0.3, -0.25) is 14.5 Å². The predicted octanol–water partition coefficient (Wildman–Crippen LogP) is 3.94. The molecule has 134 valence electrons. The largest absolute Gasteiger partial charge is 0.340 e. The third-order valence-electron chi connectivity index (χ3n) is 4.17. The first-order valence-corrected chi connectivity index (χ1v) is 8.95. The summed E-state index contributed by atoms with van der Waals surface area (Å²) in [5.41, 5.74) is 3.30. The Kier molecular flexibility index (Phi) is 5.68. The van der Waals surface area contributed by atoms with Crippen molar-refractivity contribution in [1.29, 1.82) is 0 Å². The maximum Gasteiger partial charge on any atom is 0.270 e. The Morgan fingerprint density at radius 3 is 2.65 bits per heavy atom. The van der Waals surface area contributed by atoms with E-state index in [-0.39, 0.29) is 11.9 Å². The lowest BCUT2D eigenvalue weighted by atomic mass is 10.00. The highest BCUT2D eigenvalue weighted by Crippen LogP contribution is 2.23. The Morgan fingerprint density at radius 1 is 1.23 bits per heavy atom. The molecule has 1 amide bonds. The number of halogens is 1. The van der Waals surface area contributed by atoms with Gasteiger partial charge in [-0.2, -0.15) is 5.10 Å². The van der Waals surface area contributed by atoms with Crippen molar-refractivity contribution >= 4 is 17.5 Å². The molecule has 0 saturated heterocycles. The second-order valence-corrected chi connectivity index (χ2v) is 6.58. The molecule has 1 atom stereocenters. The highest BCUT2D eigenvalue weighted by molar-refractivity contribution is 6.30. The molecule has 1 N–H and O–H groups in total. The number of hydrogen-bond donors (Lipinski definition) is 1. The third kappa shape index (κ3) is 4.11. The van der Waals surface area contributed by atoms with Crippen molar-refractivity contribution in [2.24, 2.45) is 7.05 Å². The van der Waals surface area contributed by atoms with E-state index >= 15 is 0 Å². The van der Waals surface area contributed by atoms with Crippen molar-refractivity contribution in [1.82, 2.24) is 20.1 Å². The molecule has 26 heavy (non-hydrogen) atoms. The molecular weight excluding hydrogens is 348 g/mol. The number of hydrogen-bond acceptors (Lipinski definition) is 3. The Bertz CT molecular complexity index is 875. The van der Waals surface area contributed by atoms with Gasteiger partial charge in [0.05, 0.1) is 11.7 Å². The Hall–Kier alpha value is -2.66. The predicted molar refractivity (Wildman–Crippen MR) is 102 cm³/mol. The number of aryl methyl sites for hydroxylation is 2. The molecular formula is C20H21ClN4O. The van der Waals surface area contributed by atoms with Crippen LogP contribution in [0.1, 0.15) is 46.7 Å². The van der Waals surface area contributed by atoms with Crippen molar-refractivity contribution < 1.29 is 4.79 Å². The standard InChI is InChI=1S/C20H21ClN4O/c1-3-5-17-12-18(25(2)24-17)20(26)23-19(15-6-4-11-22-13-15)14-7-9-16(21)10-8-14/h4,6-13,19H,3,5H2,1-2H3,(H,23,26). The molecule has 3 aromatic rings. The first-order chi connectivity index (χ1) is 12.6. The van der Waals surface area contributed by atoms with E-state index in [4.69, 9.17) is 11.6 Å². The van der Waals surface area contributed by atoms with Crippen LogP contribution in [0.25, 0.3) is 0 Å². The third-order valence-corrected chi connectivity index (χ3v) is 4.42. The van der Waals surface area contributed by atoms with E-state index in [9.17, 15) is 4.79 Å². The van der Waals surface area contributed by atoms with Gasteiger partial charge in [0.25, 0.3) is 5.91 Å². The molecule has 0 radical (unpaired) electrons. The molecule has 1 unspecified atom stereocenters. The topological polar surface area (TPSA) is 59.8 Å². The summed E-state index contributed by atoms with van der Waals surface area (Å²) in [6.07, 6.45) is 5.30. The Balaban J connectivity index is 1.90. The van der Waals surface area contributed by atoms with E-state index in [1.165, 1.54) is 0 Å². The summed E-state index contributed by atoms with van der Waals surface area (Å²) >= 11 is 6.01. The molecule has 0 spiro atoms. The van der Waals surface area contributed by atoms with Gasteiger partial charge in [0.15, 0.2) is 0 Å². The van der Waals surface area contributed by atoms with Crippen LogP contribution in [0, 0.1) is 0 Å². The number of benzene rings is 1. The van der Waals surface area contributed by atoms with Gasteiger partial charge in [-0.1, -0.05) is 43.1 Å². The molecule has 0 aliphatic rings. The SMILES string of the molecule is CCCc1cc(C(=O)NC(c2ccc(Cl)cc2)c2cccnc2)n(C)n1. The number of rotatable bonds is 6. The second kappa shape index (κ2) is 8.15. The second-order valence-electron chi connectivity index (χ2n) is 6.14. The van der Waals surface area contributed by atoms with Crippen LogP contribution in [0.15, 0.2) is 54.9 Å². The minimum Gasteiger partial charge on any atom is -0.340 e. The van der Waals surface area contributed by atoms with Crippen LogP contribution in [0.5, 0.6) is 0 Å². The average molecular weight is 369 g/mol. The van der Waals surface area contributed by atoms with Gasteiger partial charge in [-0.25, -0.2) is 0 Å². The van der Waals surface area contributed by atoms with Crippen LogP contribution in [0.3, 0.4) is 0 Å². The van der Waals surface area contributed by atoms with E-state index in [1.54, 1.807) is 24.1 Å². The smallest absolute Gasteiger partial charge is 0.270 e. The lowest BCUT2D eigenvalue weighted by molar-refractivity contribution is 0.0933. The monoisotopic (exact) mass is 368 g/mol. The summed E-state index contributed by atoms with van der Waals surface area (Å²) < 4.78 is 1.63. The summed E-state index contributed by atoms with van der Waals surface area (Å²) in [7, 11) is 1.79. The zero-order valence-corrected chi connectivity index (χ0v) is 15.6. The molecule has 0 aliphatic carbocycles. The maximum absolute atomic E-state index is 12.9. The minimum absolute atomic E-state index is 0.175. The van der Waals surface area contributed by atoms with Gasteiger partial charge in [0.1, 0.15) is 5.69 Å². The number of amides is 1. The van der Waals surface area contributed by atoms with Crippen LogP contribution in [-0.2, 0) is 13.5 Å². The number of pyridine rings is 1. The fraction of sp³-hybridized carbons (Fsp3) is 0.250. The fourth-order valence-electron chi connectivity index (χ4n) is 2.88. The van der Waals surface area contributed by atoms with Gasteiger partial charge in [-0.15, -0.1) is 0 Å². The fourth-order valence-corrected chi connectivity index (χ4v) is 3.01. The van der Waals surface area contributed by atoms with Crippen LogP contribution in [-0.4, -0.2) is 20.7 Å². The average Bonchev–Trinajstić information content (AvgIpc) is 3.02. The lowest BCUT2D eigenvalue weighted by Gasteiger charge is -2.19. The number of carbonyl (C=O) groups is 1. The molecule has 0 saturated carbocycles. The lowest BCUT2D eigenvalue weighted by Crippen LogP contribution is -2.30. The van der Waals surface area contributed by atoms with Gasteiger partial charge in [-0.05, 0) is 41.8 Å². The summed E-state index contributed by atoms with van der Waals surface area (Å²) in [5, 5.41) is 8.16. The first-order valence-electron chi connectivity index (χ1n) is 8.57. The van der Waals surface area contributed by atoms with Gasteiger partial charge in [0, 0.05) is 24.5 Å². The van der Waals surface area contributed by atoms with Crippen LogP contribution < -0.4 is 5.32 Å². The number of nitrogens with zero attached hydrogens (tertiary/aromatic N) is 3. The summed E-state index contributed by atoms with van der Waals surface area (Å²) in [6, 6.07) is 12.8. The van der Waals surface area contributed by atoms with Gasteiger partial charge >= 0.3 is 0 Å². The molecule has 2 heterocycles. The zero-order valence-electron chi connectivity index (χ0n) is 14.8. The van der Waals surface area contributed by atoms with E-state index in [2.05, 4.69) is 22.3 Å². The summed E-state index contributed by atoms with van der Waals surface area (Å²) in [6.45, 7) is 2.09. The molecule has 0 bridgehead atoms. The summed E-state index contributed by atoms with van der Waals surface area (Å²) in [4.78, 5) is 17.1. The Morgan fingerprint density at radius 2 is 2.00 bits per heavy atom. The van der Waals surface area contributed by atoms with Gasteiger partial charge < -0.3 is 5.32 Å². The van der Waals surface area contributed by atoms with Crippen molar-refractivity contribution in [2.45, 2.75) is 25.8 Å². The van der Waals surface area contributed by atoms with E-state index < -0.39 is 0 Å². The molecule has 1 aromatic carbocycles. The van der Waals surface area contributed by atoms with E-state index in [1.807, 2.05) is 42.5 Å². The molecule has 2 aromatic heterocycles. The van der Waals surface area contributed by atoms with Crippen LogP contribution in [0.4, 0.5) is 0 Å². The van der Waals surface area contributed by atoms with Crippen molar-refractivity contribution in [3.63, 3.8) is 0 Å². The zero-order chi connectivity index (χ0) is 18.5. The highest BCUT2D eigenvalue weighted by Gasteiger charge is 2.20. The number of carbonyl (C=O) groups excluding carboxylic acids is 1. The van der Waals surface area contributed by atoms with Crippen molar-refractivity contribution in [3.05, 3.63) is 82.4 Å². The highest BCUT2D eigenvalue weighted by atomic mass is 35.5. The summed E-state index contributed by atoms with van der Waals surface area (Å²) in [5.74, 6) is -0.175. The van der Waals surface area contributed by atoms with E-state index in [0.29, 0.717) is 10.7 Å². The molecule has 0 aliphatic heterocycles. The van der Waals surface area contributed by atoms with Crippen LogP contribution in [0.2, 0.25) is 5.02 Å². The normalized spacial score (nSPS) is 12.0. The van der Waals surface area contributed by atoms with Crippen molar-refractivity contribution in [3.8, 4) is 0 Å². The number of aromatic nitrogens is 3. The molecule has 0 fully saturated rings. The van der Waals surface area contributed by atoms with Crippen molar-refractivity contribution in [2.75, 3.05) is 0 Å². The first kappa shape index (κ1) is 18.1. The van der Waals surface area contributed by atoms with E-state index in [0.717, 1.165) is 29.7 Å². The van der Waals surface area contributed by atoms with Crippen LogP contribution >= 0.6 is 11.6 Å².